The van der Waals surface area contributed by atoms with Crippen molar-refractivity contribution in [3.63, 3.8) is 0 Å². The van der Waals surface area contributed by atoms with E-state index in [0.29, 0.717) is 19.8 Å². The lowest BCUT2D eigenvalue weighted by atomic mass is 9.86. The van der Waals surface area contributed by atoms with Gasteiger partial charge < -0.3 is 19.7 Å². The van der Waals surface area contributed by atoms with Crippen LogP contribution in [-0.4, -0.2) is 43.8 Å². The molecule has 6 heteroatoms. The molecule has 0 bridgehead atoms. The maximum Gasteiger partial charge on any atom is 0.258 e. The van der Waals surface area contributed by atoms with Gasteiger partial charge in [0.25, 0.3) is 5.91 Å². The Bertz CT molecular complexity index is 796. The number of anilines is 1. The van der Waals surface area contributed by atoms with E-state index in [4.69, 9.17) is 9.47 Å². The van der Waals surface area contributed by atoms with Crippen molar-refractivity contribution in [2.75, 3.05) is 37.8 Å². The van der Waals surface area contributed by atoms with Crippen molar-refractivity contribution < 1.29 is 14.3 Å². The van der Waals surface area contributed by atoms with E-state index in [2.05, 4.69) is 36.0 Å². The van der Waals surface area contributed by atoms with Crippen LogP contribution in [0.3, 0.4) is 0 Å². The zero-order valence-electron chi connectivity index (χ0n) is 16.9. The first-order valence-corrected chi connectivity index (χ1v) is 9.71. The van der Waals surface area contributed by atoms with Crippen molar-refractivity contribution >= 4 is 11.7 Å². The van der Waals surface area contributed by atoms with Crippen molar-refractivity contribution in [2.45, 2.75) is 32.7 Å². The monoisotopic (exact) mass is 383 g/mol. The molecule has 0 unspecified atom stereocenters. The second-order valence-corrected chi connectivity index (χ2v) is 7.90. The smallest absolute Gasteiger partial charge is 0.258 e. The number of pyridine rings is 1. The van der Waals surface area contributed by atoms with Crippen LogP contribution >= 0.6 is 0 Å². The number of carbonyl (C=O) groups is 1. The molecular formula is C22H29N3O3. The molecule has 1 aliphatic rings. The van der Waals surface area contributed by atoms with Crippen LogP contribution in [0.1, 0.15) is 31.9 Å². The molecule has 0 spiro atoms. The minimum Gasteiger partial charge on any atom is -0.483 e. The fourth-order valence-corrected chi connectivity index (χ4v) is 3.23. The van der Waals surface area contributed by atoms with Crippen LogP contribution in [0, 0.1) is 0 Å². The predicted octanol–water partition coefficient (Wildman–Crippen LogP) is 2.91. The number of rotatable bonds is 6. The standard InChI is InChI=1S/C22H29N3O3/c1-22(2,3)18-8-4-5-9-19(18)28-16-20(26)24-15-17-7-6-10-23-21(17)25-11-13-27-14-12-25/h4-10H,11-16H2,1-3H3,(H,24,26). The average molecular weight is 383 g/mol. The topological polar surface area (TPSA) is 63.7 Å². The number of nitrogens with one attached hydrogen (secondary N) is 1. The summed E-state index contributed by atoms with van der Waals surface area (Å²) in [6.07, 6.45) is 1.78. The minimum absolute atomic E-state index is 0.0136. The summed E-state index contributed by atoms with van der Waals surface area (Å²) in [6.45, 7) is 9.81. The Balaban J connectivity index is 1.57. The first kappa shape index (κ1) is 20.1. The number of carbonyl (C=O) groups excluding carboxylic acids is 1. The fraction of sp³-hybridized carbons (Fsp3) is 0.455. The first-order chi connectivity index (χ1) is 13.4. The quantitative estimate of drug-likeness (QED) is 0.831. The van der Waals surface area contributed by atoms with Crippen LogP contribution in [-0.2, 0) is 21.5 Å². The molecular weight excluding hydrogens is 354 g/mol. The van der Waals surface area contributed by atoms with Gasteiger partial charge in [0.15, 0.2) is 6.61 Å². The molecule has 1 aliphatic heterocycles. The SMILES string of the molecule is CC(C)(C)c1ccccc1OCC(=O)NCc1cccnc1N1CCOCC1. The number of morpholine rings is 1. The third-order valence-corrected chi connectivity index (χ3v) is 4.71. The third kappa shape index (κ3) is 5.23. The Morgan fingerprint density at radius 3 is 2.68 bits per heavy atom. The molecule has 0 saturated carbocycles. The molecule has 1 fully saturated rings. The minimum atomic E-state index is -0.152. The number of benzene rings is 1. The number of amides is 1. The molecule has 1 N–H and O–H groups in total. The van der Waals surface area contributed by atoms with E-state index in [-0.39, 0.29) is 17.9 Å². The predicted molar refractivity (Wildman–Crippen MR) is 110 cm³/mol. The molecule has 3 rings (SSSR count). The normalized spacial score (nSPS) is 14.6. The van der Waals surface area contributed by atoms with Crippen molar-refractivity contribution in [2.24, 2.45) is 0 Å². The average Bonchev–Trinajstić information content (AvgIpc) is 2.71. The van der Waals surface area contributed by atoms with Crippen molar-refractivity contribution in [3.05, 3.63) is 53.7 Å². The maximum absolute atomic E-state index is 12.3. The van der Waals surface area contributed by atoms with Gasteiger partial charge in [0.2, 0.25) is 0 Å². The molecule has 0 aliphatic carbocycles. The molecule has 2 aromatic rings. The highest BCUT2D eigenvalue weighted by atomic mass is 16.5. The summed E-state index contributed by atoms with van der Waals surface area (Å²) in [5, 5.41) is 2.95. The van der Waals surface area contributed by atoms with Gasteiger partial charge in [-0.25, -0.2) is 4.98 Å². The lowest BCUT2D eigenvalue weighted by molar-refractivity contribution is -0.123. The zero-order chi connectivity index (χ0) is 20.0. The lowest BCUT2D eigenvalue weighted by Gasteiger charge is -2.29. The highest BCUT2D eigenvalue weighted by Gasteiger charge is 2.19. The Morgan fingerprint density at radius 1 is 1.18 bits per heavy atom. The van der Waals surface area contributed by atoms with Gasteiger partial charge in [-0.15, -0.1) is 0 Å². The largest absolute Gasteiger partial charge is 0.483 e. The van der Waals surface area contributed by atoms with Crippen molar-refractivity contribution in [1.29, 1.82) is 0 Å². The summed E-state index contributed by atoms with van der Waals surface area (Å²) in [7, 11) is 0. The van der Waals surface area contributed by atoms with E-state index < -0.39 is 0 Å². The van der Waals surface area contributed by atoms with E-state index in [9.17, 15) is 4.79 Å². The second kappa shape index (κ2) is 9.06. The molecule has 6 nitrogen and oxygen atoms in total. The van der Waals surface area contributed by atoms with Crippen LogP contribution in [0.4, 0.5) is 5.82 Å². The first-order valence-electron chi connectivity index (χ1n) is 9.71. The van der Waals surface area contributed by atoms with E-state index in [1.165, 1.54) is 0 Å². The molecule has 1 aromatic carbocycles. The van der Waals surface area contributed by atoms with E-state index >= 15 is 0 Å². The molecule has 150 valence electrons. The summed E-state index contributed by atoms with van der Waals surface area (Å²) < 4.78 is 11.2. The van der Waals surface area contributed by atoms with Crippen LogP contribution in [0.15, 0.2) is 42.6 Å². The highest BCUT2D eigenvalue weighted by molar-refractivity contribution is 5.77. The molecule has 0 radical (unpaired) electrons. The van der Waals surface area contributed by atoms with Crippen LogP contribution < -0.4 is 15.0 Å². The van der Waals surface area contributed by atoms with E-state index in [1.54, 1.807) is 6.20 Å². The molecule has 1 saturated heterocycles. The molecule has 0 atom stereocenters. The zero-order valence-corrected chi connectivity index (χ0v) is 16.9. The maximum atomic E-state index is 12.3. The van der Waals surface area contributed by atoms with Crippen LogP contribution in [0.5, 0.6) is 5.75 Å². The van der Waals surface area contributed by atoms with E-state index in [1.807, 2.05) is 36.4 Å². The van der Waals surface area contributed by atoms with Crippen molar-refractivity contribution in [3.8, 4) is 5.75 Å². The lowest BCUT2D eigenvalue weighted by Crippen LogP contribution is -2.38. The van der Waals surface area contributed by atoms with Gasteiger partial charge in [0.05, 0.1) is 13.2 Å². The van der Waals surface area contributed by atoms with Gasteiger partial charge in [-0.1, -0.05) is 45.0 Å². The Labute approximate surface area is 166 Å². The summed E-state index contributed by atoms with van der Waals surface area (Å²) in [4.78, 5) is 19.0. The number of para-hydroxylation sites is 1. The molecule has 2 heterocycles. The van der Waals surface area contributed by atoms with E-state index in [0.717, 1.165) is 35.8 Å². The summed E-state index contributed by atoms with van der Waals surface area (Å²) in [6, 6.07) is 11.7. The fourth-order valence-electron chi connectivity index (χ4n) is 3.23. The molecule has 1 amide bonds. The number of hydrogen-bond donors (Lipinski definition) is 1. The summed E-state index contributed by atoms with van der Waals surface area (Å²) >= 11 is 0. The van der Waals surface area contributed by atoms with Gasteiger partial charge in [-0.05, 0) is 23.1 Å². The number of ether oxygens (including phenoxy) is 2. The number of nitrogens with zero attached hydrogens (tertiary/aromatic N) is 2. The Hall–Kier alpha value is -2.60. The molecule has 28 heavy (non-hydrogen) atoms. The van der Waals surface area contributed by atoms with Gasteiger partial charge in [0.1, 0.15) is 11.6 Å². The van der Waals surface area contributed by atoms with Gasteiger partial charge in [-0.3, -0.25) is 4.79 Å². The van der Waals surface area contributed by atoms with Gasteiger partial charge in [0, 0.05) is 31.4 Å². The summed E-state index contributed by atoms with van der Waals surface area (Å²) in [5.74, 6) is 1.51. The van der Waals surface area contributed by atoms with Crippen molar-refractivity contribution in [1.82, 2.24) is 10.3 Å². The van der Waals surface area contributed by atoms with Crippen LogP contribution in [0.25, 0.3) is 0 Å². The Morgan fingerprint density at radius 2 is 1.93 bits per heavy atom. The number of aromatic nitrogens is 1. The summed E-state index contributed by atoms with van der Waals surface area (Å²) in [5.41, 5.74) is 2.04. The second-order valence-electron chi connectivity index (χ2n) is 7.90. The van der Waals surface area contributed by atoms with Crippen LogP contribution in [0.2, 0.25) is 0 Å². The Kier molecular flexibility index (Phi) is 6.52. The third-order valence-electron chi connectivity index (χ3n) is 4.71. The van der Waals surface area contributed by atoms with Gasteiger partial charge in [-0.2, -0.15) is 0 Å². The highest BCUT2D eigenvalue weighted by Crippen LogP contribution is 2.30. The van der Waals surface area contributed by atoms with Gasteiger partial charge >= 0.3 is 0 Å². The number of hydrogen-bond acceptors (Lipinski definition) is 5. The molecule has 1 aromatic heterocycles.